The topological polar surface area (TPSA) is 32.1 Å². The molecule has 0 atom stereocenters. The zero-order chi connectivity index (χ0) is 54.6. The van der Waals surface area contributed by atoms with E-state index < -0.39 is 0 Å². The Morgan fingerprint density at radius 2 is 0.859 bits per heavy atom. The number of hydrogen-bond donors (Lipinski definition) is 0. The molecule has 6 aliphatic rings. The van der Waals surface area contributed by atoms with Crippen LogP contribution in [0.1, 0.15) is 181 Å². The van der Waals surface area contributed by atoms with Crippen LogP contribution in [-0.4, -0.2) is 6.71 Å². The molecule has 0 radical (unpaired) electrons. The highest BCUT2D eigenvalue weighted by molar-refractivity contribution is 7.00. The van der Waals surface area contributed by atoms with Gasteiger partial charge in [-0.05, 0) is 205 Å². The lowest BCUT2D eigenvalue weighted by Crippen LogP contribution is -2.61. The van der Waals surface area contributed by atoms with Crippen molar-refractivity contribution in [2.45, 2.75) is 180 Å². The summed E-state index contributed by atoms with van der Waals surface area (Å²) < 4.78 is 14.6. The monoisotopic (exact) mass is 1030 g/mol. The fourth-order valence-electron chi connectivity index (χ4n) is 15.1. The number of nitrogens with zero attached hydrogens (tertiary/aromatic N) is 3. The molecule has 14 rings (SSSR count). The SMILES string of the molecule is CC(C)(C)c1ccc2c(c1)B1c3oc4cc5c(cc4c3N(c3ccc4c(c3)C(C)(C)CCC4(C)C)c3cc(N4c6ccccc6Oc6ccccc64)cc(c31)N2c1ccc2c(c1)C(C)(C)CCC2(C)C)C(C)(C)CCC5(C)C. The van der Waals surface area contributed by atoms with Crippen molar-refractivity contribution in [3.8, 4) is 11.5 Å². The van der Waals surface area contributed by atoms with Gasteiger partial charge in [-0.2, -0.15) is 0 Å². The molecule has 1 aromatic heterocycles. The van der Waals surface area contributed by atoms with Gasteiger partial charge in [-0.1, -0.05) is 152 Å². The first-order chi connectivity index (χ1) is 36.7. The van der Waals surface area contributed by atoms with Gasteiger partial charge in [-0.15, -0.1) is 0 Å². The average Bonchev–Trinajstić information content (AvgIpc) is 3.00. The van der Waals surface area contributed by atoms with Crippen LogP contribution >= 0.6 is 0 Å². The van der Waals surface area contributed by atoms with E-state index in [1.807, 2.05) is 0 Å². The zero-order valence-corrected chi connectivity index (χ0v) is 49.1. The highest BCUT2D eigenvalue weighted by atomic mass is 16.5. The standard InChI is InChI=1S/C72H78BN3O2/c1-66(2,3)43-24-29-55-54(36-43)73-63-58(74(55)44-25-27-48-50(37-44)69(8,9)32-30-67(48,4)5)39-46(75-56-20-16-18-22-60(56)77-61-23-19-17-21-57(61)75)40-59(63)76(45-26-28-49-51(38-45)70(10,11)33-31-68(49,6)7)64-47-41-52-53(42-62(47)78-65(64)73)72(14,15)35-34-71(52,12)13/h16-29,36-42H,30-35H2,1-15H3. The third kappa shape index (κ3) is 7.12. The fourth-order valence-corrected chi connectivity index (χ4v) is 15.1. The summed E-state index contributed by atoms with van der Waals surface area (Å²) in [5.74, 6) is 1.68. The number of para-hydroxylation sites is 4. The van der Waals surface area contributed by atoms with E-state index in [4.69, 9.17) is 9.15 Å². The highest BCUT2D eigenvalue weighted by Gasteiger charge is 2.50. The normalized spacial score (nSPS) is 20.0. The molecule has 8 aromatic rings. The molecule has 3 aliphatic heterocycles. The molecule has 5 nitrogen and oxygen atoms in total. The van der Waals surface area contributed by atoms with E-state index in [0.29, 0.717) is 0 Å². The van der Waals surface area contributed by atoms with Crippen LogP contribution in [0.5, 0.6) is 11.5 Å². The number of ether oxygens (including phenoxy) is 1. The van der Waals surface area contributed by atoms with E-state index in [9.17, 15) is 0 Å². The van der Waals surface area contributed by atoms with Gasteiger partial charge in [0.1, 0.15) is 5.58 Å². The van der Waals surface area contributed by atoms with E-state index in [1.54, 1.807) is 0 Å². The molecular formula is C72H78BN3O2. The predicted molar refractivity (Wildman–Crippen MR) is 330 cm³/mol. The van der Waals surface area contributed by atoms with Gasteiger partial charge in [-0.3, -0.25) is 0 Å². The van der Waals surface area contributed by atoms with E-state index in [2.05, 4.69) is 246 Å². The van der Waals surface area contributed by atoms with E-state index >= 15 is 0 Å². The molecule has 0 fully saturated rings. The molecule has 396 valence electrons. The van der Waals surface area contributed by atoms with Crippen molar-refractivity contribution in [2.75, 3.05) is 14.7 Å². The Hall–Kier alpha value is -6.66. The molecule has 0 bridgehead atoms. The molecule has 0 saturated heterocycles. The van der Waals surface area contributed by atoms with E-state index in [-0.39, 0.29) is 44.6 Å². The summed E-state index contributed by atoms with van der Waals surface area (Å²) in [5.41, 5.74) is 24.7. The second-order valence-electron chi connectivity index (χ2n) is 29.4. The van der Waals surface area contributed by atoms with Crippen molar-refractivity contribution in [2.24, 2.45) is 0 Å². The molecule has 3 aliphatic carbocycles. The Labute approximate surface area is 465 Å². The minimum atomic E-state index is -0.209. The van der Waals surface area contributed by atoms with Crippen molar-refractivity contribution >= 4 is 85.5 Å². The quantitative estimate of drug-likeness (QED) is 0.165. The third-order valence-corrected chi connectivity index (χ3v) is 20.4. The molecule has 6 heteroatoms. The zero-order valence-electron chi connectivity index (χ0n) is 49.1. The Bertz CT molecular complexity index is 3830. The molecule has 7 aromatic carbocycles. The fraction of sp³-hybridized carbons (Fsp3) is 0.389. The molecule has 78 heavy (non-hydrogen) atoms. The van der Waals surface area contributed by atoms with Crippen molar-refractivity contribution in [3.63, 3.8) is 0 Å². The number of furan rings is 1. The first-order valence-electron chi connectivity index (χ1n) is 29.2. The third-order valence-electron chi connectivity index (χ3n) is 20.4. The summed E-state index contributed by atoms with van der Waals surface area (Å²) in [6.07, 6.45) is 6.87. The molecule has 0 spiro atoms. The maximum absolute atomic E-state index is 7.81. The maximum Gasteiger partial charge on any atom is 0.297 e. The van der Waals surface area contributed by atoms with Crippen LogP contribution in [0.2, 0.25) is 0 Å². The number of fused-ring (bicyclic) bond motifs is 11. The van der Waals surface area contributed by atoms with Gasteiger partial charge in [0, 0.05) is 33.8 Å². The lowest BCUT2D eigenvalue weighted by atomic mass is 9.35. The molecule has 0 N–H and O–H groups in total. The van der Waals surface area contributed by atoms with Crippen LogP contribution in [0.3, 0.4) is 0 Å². The first-order valence-corrected chi connectivity index (χ1v) is 29.2. The summed E-state index contributed by atoms with van der Waals surface area (Å²) in [7, 11) is 0. The molecule has 0 amide bonds. The van der Waals surface area contributed by atoms with Gasteiger partial charge in [-0.25, -0.2) is 0 Å². The Balaban J connectivity index is 1.15. The molecule has 4 heterocycles. The number of anilines is 9. The van der Waals surface area contributed by atoms with Gasteiger partial charge >= 0.3 is 0 Å². The Morgan fingerprint density at radius 3 is 1.38 bits per heavy atom. The summed E-state index contributed by atoms with van der Waals surface area (Å²) in [4.78, 5) is 7.74. The lowest BCUT2D eigenvalue weighted by molar-refractivity contribution is 0.332. The largest absolute Gasteiger partial charge is 0.468 e. The predicted octanol–water partition coefficient (Wildman–Crippen LogP) is 18.4. The van der Waals surface area contributed by atoms with Crippen LogP contribution < -0.4 is 36.0 Å². The van der Waals surface area contributed by atoms with Crippen LogP contribution in [-0.2, 0) is 37.9 Å². The minimum Gasteiger partial charge on any atom is -0.468 e. The Kier molecular flexibility index (Phi) is 10.2. The summed E-state index contributed by atoms with van der Waals surface area (Å²) in [5, 5.41) is 1.18. The second kappa shape index (κ2) is 16.0. The molecule has 0 saturated carbocycles. The maximum atomic E-state index is 7.81. The van der Waals surface area contributed by atoms with Gasteiger partial charge in [0.05, 0.1) is 28.4 Å². The molecular weight excluding hydrogens is 950 g/mol. The minimum absolute atomic E-state index is 0.00229. The van der Waals surface area contributed by atoms with Crippen LogP contribution in [0, 0.1) is 0 Å². The molecule has 0 unspecified atom stereocenters. The smallest absolute Gasteiger partial charge is 0.297 e. The van der Waals surface area contributed by atoms with Crippen molar-refractivity contribution in [3.05, 3.63) is 166 Å². The van der Waals surface area contributed by atoms with Gasteiger partial charge in [0.15, 0.2) is 11.5 Å². The van der Waals surface area contributed by atoms with E-state index in [1.165, 1.54) is 84.4 Å². The van der Waals surface area contributed by atoms with Crippen molar-refractivity contribution in [1.29, 1.82) is 0 Å². The van der Waals surface area contributed by atoms with Crippen LogP contribution in [0.25, 0.3) is 11.0 Å². The Morgan fingerprint density at radius 1 is 0.410 bits per heavy atom. The number of rotatable bonds is 3. The van der Waals surface area contributed by atoms with Gasteiger partial charge < -0.3 is 23.9 Å². The summed E-state index contributed by atoms with van der Waals surface area (Å²) in [6, 6.07) is 49.5. The summed E-state index contributed by atoms with van der Waals surface area (Å²) >= 11 is 0. The van der Waals surface area contributed by atoms with Crippen LogP contribution in [0.15, 0.2) is 132 Å². The van der Waals surface area contributed by atoms with Gasteiger partial charge in [0.25, 0.3) is 6.71 Å². The van der Waals surface area contributed by atoms with Crippen molar-refractivity contribution < 1.29 is 9.15 Å². The lowest BCUT2D eigenvalue weighted by Gasteiger charge is -2.46. The number of benzene rings is 7. The first kappa shape index (κ1) is 49.6. The second-order valence-corrected chi connectivity index (χ2v) is 29.4. The highest BCUT2D eigenvalue weighted by Crippen LogP contribution is 2.58. The van der Waals surface area contributed by atoms with Crippen molar-refractivity contribution in [1.82, 2.24) is 0 Å². The number of hydrogen-bond acceptors (Lipinski definition) is 5. The van der Waals surface area contributed by atoms with Crippen LogP contribution in [0.4, 0.5) is 51.2 Å². The van der Waals surface area contributed by atoms with Gasteiger partial charge in [0.2, 0.25) is 0 Å². The summed E-state index contributed by atoms with van der Waals surface area (Å²) in [6.45, 7) is 36.3. The van der Waals surface area contributed by atoms with E-state index in [0.717, 1.165) is 83.3 Å². The average molecular weight is 1030 g/mol.